The van der Waals surface area contributed by atoms with Gasteiger partial charge in [0.05, 0.1) is 0 Å². The van der Waals surface area contributed by atoms with Crippen molar-refractivity contribution in [2.24, 2.45) is 0 Å². The smallest absolute Gasteiger partial charge is 0.219 e. The number of hydrogen-bond acceptors (Lipinski definition) is 5. The van der Waals surface area contributed by atoms with E-state index in [4.69, 9.17) is 5.73 Å². The summed E-state index contributed by atoms with van der Waals surface area (Å²) in [6.45, 7) is 19.3. The molecule has 1 amide bonds. The largest absolute Gasteiger partial charge is 0.399 e. The van der Waals surface area contributed by atoms with Gasteiger partial charge in [0.15, 0.2) is 0 Å². The lowest BCUT2D eigenvalue weighted by atomic mass is 10.1. The minimum atomic E-state index is 0.195. The van der Waals surface area contributed by atoms with Gasteiger partial charge in [-0.3, -0.25) is 14.6 Å². The van der Waals surface area contributed by atoms with Gasteiger partial charge in [-0.2, -0.15) is 0 Å². The van der Waals surface area contributed by atoms with Crippen LogP contribution < -0.4 is 11.1 Å². The lowest BCUT2D eigenvalue weighted by molar-refractivity contribution is -0.130. The number of anilines is 2. The Labute approximate surface area is 213 Å². The number of aryl methyl sites for hydroxylation is 1. The Morgan fingerprint density at radius 3 is 2.29 bits per heavy atom. The normalized spacial score (nSPS) is 18.4. The summed E-state index contributed by atoms with van der Waals surface area (Å²) in [6.07, 6.45) is 1.22. The first kappa shape index (κ1) is 28.7. The number of nitrogens with zero attached hydrogens (tertiary/aromatic N) is 3. The van der Waals surface area contributed by atoms with Crippen LogP contribution in [-0.2, 0) is 11.3 Å². The van der Waals surface area contributed by atoms with E-state index in [1.165, 1.54) is 24.1 Å². The van der Waals surface area contributed by atoms with Crippen LogP contribution in [0.15, 0.2) is 48.5 Å². The van der Waals surface area contributed by atoms with Gasteiger partial charge in [-0.15, -0.1) is 0 Å². The number of nitrogens with two attached hydrogens (primary N) is 1. The molecule has 6 heteroatoms. The Balaban J connectivity index is 0.000000231. The van der Waals surface area contributed by atoms with E-state index in [0.717, 1.165) is 50.6 Å². The number of carbonyl (C=O) groups excluding carboxylic acids is 1. The Bertz CT molecular complexity index is 892. The summed E-state index contributed by atoms with van der Waals surface area (Å²) in [7, 11) is 0. The second-order valence-electron chi connectivity index (χ2n) is 9.62. The van der Waals surface area contributed by atoms with Crippen molar-refractivity contribution >= 4 is 17.3 Å². The predicted molar refractivity (Wildman–Crippen MR) is 150 cm³/mol. The van der Waals surface area contributed by atoms with E-state index < -0.39 is 0 Å². The van der Waals surface area contributed by atoms with Gasteiger partial charge in [0, 0.05) is 76.2 Å². The Morgan fingerprint density at radius 1 is 1.03 bits per heavy atom. The Morgan fingerprint density at radius 2 is 1.71 bits per heavy atom. The molecule has 2 saturated heterocycles. The minimum Gasteiger partial charge on any atom is -0.399 e. The first-order chi connectivity index (χ1) is 16.8. The molecule has 1 atom stereocenters. The summed E-state index contributed by atoms with van der Waals surface area (Å²) in [5.41, 5.74) is 10.4. The molecule has 2 aliphatic rings. The van der Waals surface area contributed by atoms with Crippen molar-refractivity contribution in [3.63, 3.8) is 0 Å². The summed E-state index contributed by atoms with van der Waals surface area (Å²) in [5.74, 6) is 0.195. The van der Waals surface area contributed by atoms with Crippen molar-refractivity contribution in [3.05, 3.63) is 59.7 Å². The quantitative estimate of drug-likeness (QED) is 0.598. The second-order valence-corrected chi connectivity index (χ2v) is 9.62. The van der Waals surface area contributed by atoms with Crippen LogP contribution in [-0.4, -0.2) is 72.0 Å². The van der Waals surface area contributed by atoms with E-state index in [0.29, 0.717) is 12.1 Å². The maximum Gasteiger partial charge on any atom is 0.219 e. The van der Waals surface area contributed by atoms with E-state index in [2.05, 4.69) is 66.2 Å². The first-order valence-corrected chi connectivity index (χ1v) is 13.2. The molecular formula is C29H47N5O. The molecule has 1 unspecified atom stereocenters. The zero-order valence-electron chi connectivity index (χ0n) is 22.8. The molecule has 3 N–H and O–H groups in total. The molecule has 0 spiro atoms. The number of benzene rings is 2. The maximum absolute atomic E-state index is 11.2. The average molecular weight is 482 g/mol. The Kier molecular flexibility index (Phi) is 12.1. The highest BCUT2D eigenvalue weighted by Crippen LogP contribution is 2.19. The van der Waals surface area contributed by atoms with Crippen molar-refractivity contribution in [1.82, 2.24) is 14.7 Å². The maximum atomic E-state index is 11.2. The van der Waals surface area contributed by atoms with Crippen LogP contribution >= 0.6 is 0 Å². The van der Waals surface area contributed by atoms with Gasteiger partial charge in [0.1, 0.15) is 0 Å². The monoisotopic (exact) mass is 481 g/mol. The molecule has 194 valence electrons. The summed E-state index contributed by atoms with van der Waals surface area (Å²) in [5, 5.41) is 3.54. The summed E-state index contributed by atoms with van der Waals surface area (Å²) in [6, 6.07) is 17.8. The van der Waals surface area contributed by atoms with Gasteiger partial charge in [-0.05, 0) is 51.0 Å². The number of nitrogen functional groups attached to an aromatic ring is 1. The lowest BCUT2D eigenvalue weighted by Gasteiger charge is -2.34. The lowest BCUT2D eigenvalue weighted by Crippen LogP contribution is -2.47. The zero-order chi connectivity index (χ0) is 25.8. The van der Waals surface area contributed by atoms with E-state index in [9.17, 15) is 4.79 Å². The molecule has 2 fully saturated rings. The predicted octanol–water partition coefficient (Wildman–Crippen LogP) is 4.85. The molecular weight excluding hydrogens is 434 g/mol. The highest BCUT2D eigenvalue weighted by atomic mass is 16.2. The summed E-state index contributed by atoms with van der Waals surface area (Å²) in [4.78, 5) is 18.1. The summed E-state index contributed by atoms with van der Waals surface area (Å²) < 4.78 is 0. The molecule has 2 aromatic carbocycles. The highest BCUT2D eigenvalue weighted by Gasteiger charge is 2.23. The molecule has 2 heterocycles. The van der Waals surface area contributed by atoms with Gasteiger partial charge in [0.2, 0.25) is 5.91 Å². The van der Waals surface area contributed by atoms with Crippen LogP contribution in [0, 0.1) is 6.92 Å². The number of carbonyl (C=O) groups is 1. The van der Waals surface area contributed by atoms with Crippen LogP contribution in [0.5, 0.6) is 0 Å². The standard InChI is InChI=1S/C14H20N2O.C13H21N3.C2H6/c1-12-4-3-5-14(10-12)11-15-6-8-16(9-7-15)13(2)17;1-10(2)16-7-6-13(9-16)15-12-5-3-4-11(14)8-12;1-2/h3-5,10H,6-9,11H2,1-2H3;3-5,8,10,13,15H,6-7,9,14H2,1-2H3;1-2H3. The number of rotatable bonds is 5. The molecule has 2 aromatic rings. The van der Waals surface area contributed by atoms with Crippen molar-refractivity contribution in [3.8, 4) is 0 Å². The fraction of sp³-hybridized carbons (Fsp3) is 0.552. The minimum absolute atomic E-state index is 0.195. The Hall–Kier alpha value is -2.57. The van der Waals surface area contributed by atoms with Crippen LogP contribution in [0.1, 0.15) is 52.2 Å². The molecule has 0 saturated carbocycles. The van der Waals surface area contributed by atoms with E-state index in [-0.39, 0.29) is 5.91 Å². The third kappa shape index (κ3) is 9.90. The van der Waals surface area contributed by atoms with Crippen LogP contribution in [0.3, 0.4) is 0 Å². The number of piperazine rings is 1. The SMILES string of the molecule is CC.CC(=O)N1CCN(Cc2cccc(C)c2)CC1.CC(C)N1CCC(Nc2cccc(N)c2)C1. The van der Waals surface area contributed by atoms with Crippen LogP contribution in [0.25, 0.3) is 0 Å². The average Bonchev–Trinajstić information content (AvgIpc) is 3.30. The molecule has 0 aromatic heterocycles. The third-order valence-corrected chi connectivity index (χ3v) is 6.51. The summed E-state index contributed by atoms with van der Waals surface area (Å²) >= 11 is 0. The first-order valence-electron chi connectivity index (χ1n) is 13.2. The van der Waals surface area contributed by atoms with Crippen molar-refractivity contribution in [2.75, 3.05) is 50.3 Å². The molecule has 0 radical (unpaired) electrons. The fourth-order valence-electron chi connectivity index (χ4n) is 4.53. The van der Waals surface area contributed by atoms with Gasteiger partial charge >= 0.3 is 0 Å². The molecule has 0 bridgehead atoms. The van der Waals surface area contributed by atoms with Gasteiger partial charge in [-0.1, -0.05) is 49.7 Å². The van der Waals surface area contributed by atoms with Crippen LogP contribution in [0.2, 0.25) is 0 Å². The van der Waals surface area contributed by atoms with E-state index in [1.54, 1.807) is 6.92 Å². The second kappa shape index (κ2) is 14.7. The van der Waals surface area contributed by atoms with Crippen LogP contribution in [0.4, 0.5) is 11.4 Å². The van der Waals surface area contributed by atoms with Gasteiger partial charge in [-0.25, -0.2) is 0 Å². The highest BCUT2D eigenvalue weighted by molar-refractivity contribution is 5.73. The topological polar surface area (TPSA) is 64.8 Å². The number of hydrogen-bond donors (Lipinski definition) is 2. The third-order valence-electron chi connectivity index (χ3n) is 6.51. The molecule has 0 aliphatic carbocycles. The van der Waals surface area contributed by atoms with Crippen molar-refractivity contribution in [1.29, 1.82) is 0 Å². The van der Waals surface area contributed by atoms with Gasteiger partial charge < -0.3 is 16.0 Å². The zero-order valence-corrected chi connectivity index (χ0v) is 22.8. The van der Waals surface area contributed by atoms with Crippen molar-refractivity contribution in [2.45, 2.75) is 66.6 Å². The van der Waals surface area contributed by atoms with Gasteiger partial charge in [0.25, 0.3) is 0 Å². The van der Waals surface area contributed by atoms with Crippen molar-refractivity contribution < 1.29 is 4.79 Å². The number of amides is 1. The molecule has 2 aliphatic heterocycles. The fourth-order valence-corrected chi connectivity index (χ4v) is 4.53. The molecule has 6 nitrogen and oxygen atoms in total. The molecule has 35 heavy (non-hydrogen) atoms. The van der Waals surface area contributed by atoms with E-state index >= 15 is 0 Å². The number of nitrogens with one attached hydrogen (secondary N) is 1. The number of likely N-dealkylation sites (tertiary alicyclic amines) is 1. The molecule has 4 rings (SSSR count). The van der Waals surface area contributed by atoms with E-state index in [1.807, 2.05) is 36.9 Å².